The second-order valence-corrected chi connectivity index (χ2v) is 7.03. The molecule has 1 fully saturated rings. The third kappa shape index (κ3) is 4.27. The van der Waals surface area contributed by atoms with Gasteiger partial charge >= 0.3 is 0 Å². The predicted octanol–water partition coefficient (Wildman–Crippen LogP) is 2.17. The van der Waals surface area contributed by atoms with Gasteiger partial charge in [0.2, 0.25) is 11.7 Å². The van der Waals surface area contributed by atoms with E-state index in [1.807, 2.05) is 31.2 Å². The van der Waals surface area contributed by atoms with Crippen LogP contribution in [0.3, 0.4) is 0 Å². The average Bonchev–Trinajstić information content (AvgIpc) is 3.40. The number of carbonyl (C=O) groups excluding carboxylic acids is 1. The zero-order valence-electron chi connectivity index (χ0n) is 16.1. The Morgan fingerprint density at radius 2 is 2.07 bits per heavy atom. The molecule has 0 aliphatic carbocycles. The van der Waals surface area contributed by atoms with Crippen LogP contribution in [0.1, 0.15) is 18.4 Å². The molecule has 0 saturated carbocycles. The van der Waals surface area contributed by atoms with Crippen molar-refractivity contribution in [1.29, 1.82) is 0 Å². The minimum absolute atomic E-state index is 0.0558. The molecule has 3 aromatic rings. The summed E-state index contributed by atoms with van der Waals surface area (Å²) in [5.41, 5.74) is 1.74. The topological polar surface area (TPSA) is 99.3 Å². The summed E-state index contributed by atoms with van der Waals surface area (Å²) in [6.07, 6.45) is 3.57. The highest BCUT2D eigenvalue weighted by Gasteiger charge is 2.18. The van der Waals surface area contributed by atoms with Gasteiger partial charge in [-0.1, -0.05) is 29.4 Å². The van der Waals surface area contributed by atoms with E-state index in [1.165, 1.54) is 4.57 Å². The largest absolute Gasteiger partial charge is 0.376 e. The molecule has 29 heavy (non-hydrogen) atoms. The van der Waals surface area contributed by atoms with Crippen molar-refractivity contribution in [3.05, 3.63) is 58.5 Å². The van der Waals surface area contributed by atoms with Crippen LogP contribution in [-0.2, 0) is 16.1 Å². The van der Waals surface area contributed by atoms with Crippen molar-refractivity contribution in [3.8, 4) is 22.8 Å². The van der Waals surface area contributed by atoms with Gasteiger partial charge in [0.15, 0.2) is 0 Å². The Morgan fingerprint density at radius 3 is 2.86 bits per heavy atom. The minimum Gasteiger partial charge on any atom is -0.376 e. The number of pyridine rings is 1. The van der Waals surface area contributed by atoms with Crippen molar-refractivity contribution >= 4 is 5.91 Å². The fraction of sp³-hybridized carbons (Fsp3) is 0.333. The number of nitrogens with one attached hydrogen (secondary N) is 1. The second kappa shape index (κ2) is 8.40. The van der Waals surface area contributed by atoms with Crippen molar-refractivity contribution in [3.63, 3.8) is 0 Å². The van der Waals surface area contributed by atoms with Gasteiger partial charge in [-0.2, -0.15) is 4.98 Å². The average molecular weight is 394 g/mol. The van der Waals surface area contributed by atoms with Gasteiger partial charge in [0.05, 0.1) is 6.10 Å². The number of amides is 1. The second-order valence-electron chi connectivity index (χ2n) is 7.03. The predicted molar refractivity (Wildman–Crippen MR) is 106 cm³/mol. The maximum Gasteiger partial charge on any atom is 0.263 e. The Labute approximate surface area is 167 Å². The number of benzene rings is 1. The molecule has 0 unspecified atom stereocenters. The normalized spacial score (nSPS) is 16.1. The summed E-state index contributed by atoms with van der Waals surface area (Å²) in [7, 11) is 0. The van der Waals surface area contributed by atoms with Gasteiger partial charge in [0.1, 0.15) is 12.1 Å². The fourth-order valence-corrected chi connectivity index (χ4v) is 3.33. The van der Waals surface area contributed by atoms with Crippen molar-refractivity contribution < 1.29 is 14.1 Å². The monoisotopic (exact) mass is 394 g/mol. The van der Waals surface area contributed by atoms with Crippen LogP contribution < -0.4 is 10.9 Å². The smallest absolute Gasteiger partial charge is 0.263 e. The van der Waals surface area contributed by atoms with Gasteiger partial charge < -0.3 is 19.1 Å². The molecule has 0 radical (unpaired) electrons. The number of aromatic nitrogens is 3. The first-order chi connectivity index (χ1) is 14.1. The molecule has 1 aliphatic rings. The summed E-state index contributed by atoms with van der Waals surface area (Å²) in [5.74, 6) is 0.301. The molecular formula is C21H22N4O4. The van der Waals surface area contributed by atoms with E-state index in [2.05, 4.69) is 15.5 Å². The third-order valence-electron chi connectivity index (χ3n) is 4.93. The zero-order chi connectivity index (χ0) is 20.2. The highest BCUT2D eigenvalue weighted by molar-refractivity contribution is 5.75. The quantitative estimate of drug-likeness (QED) is 0.688. The minimum atomic E-state index is -0.361. The first-order valence-corrected chi connectivity index (χ1v) is 9.59. The van der Waals surface area contributed by atoms with Gasteiger partial charge in [-0.15, -0.1) is 0 Å². The number of aryl methyl sites for hydroxylation is 1. The van der Waals surface area contributed by atoms with Crippen LogP contribution in [0.4, 0.5) is 0 Å². The van der Waals surface area contributed by atoms with Crippen LogP contribution in [0.5, 0.6) is 0 Å². The van der Waals surface area contributed by atoms with Crippen molar-refractivity contribution in [2.24, 2.45) is 0 Å². The van der Waals surface area contributed by atoms with Crippen molar-refractivity contribution in [2.45, 2.75) is 32.4 Å². The Bertz CT molecular complexity index is 1070. The van der Waals surface area contributed by atoms with E-state index >= 15 is 0 Å². The van der Waals surface area contributed by atoms with Crippen LogP contribution >= 0.6 is 0 Å². The number of hydrogen-bond acceptors (Lipinski definition) is 6. The first kappa shape index (κ1) is 19.1. The lowest BCUT2D eigenvalue weighted by Gasteiger charge is -2.11. The van der Waals surface area contributed by atoms with E-state index in [0.29, 0.717) is 12.4 Å². The third-order valence-corrected chi connectivity index (χ3v) is 4.93. The van der Waals surface area contributed by atoms with Gasteiger partial charge in [0, 0.05) is 24.9 Å². The Hall–Kier alpha value is -3.26. The summed E-state index contributed by atoms with van der Waals surface area (Å²) in [6.45, 7) is 3.06. The van der Waals surface area contributed by atoms with Crippen molar-refractivity contribution in [2.75, 3.05) is 13.2 Å². The molecule has 0 bridgehead atoms. The van der Waals surface area contributed by atoms with E-state index in [1.54, 1.807) is 18.3 Å². The van der Waals surface area contributed by atoms with Crippen LogP contribution in [0.25, 0.3) is 22.8 Å². The summed E-state index contributed by atoms with van der Waals surface area (Å²) in [4.78, 5) is 29.4. The molecule has 2 aromatic heterocycles. The van der Waals surface area contributed by atoms with Gasteiger partial charge in [-0.05, 0) is 37.5 Å². The SMILES string of the molecule is Cc1ccccc1-c1noc(-c2cccn(CC(=O)NC[C@@H]3CCCO3)c2=O)n1. The molecule has 1 aliphatic heterocycles. The van der Waals surface area contributed by atoms with Crippen molar-refractivity contribution in [1.82, 2.24) is 20.0 Å². The van der Waals surface area contributed by atoms with E-state index in [-0.39, 0.29) is 35.6 Å². The maximum absolute atomic E-state index is 12.8. The molecular weight excluding hydrogens is 372 g/mol. The molecule has 150 valence electrons. The highest BCUT2D eigenvalue weighted by Crippen LogP contribution is 2.22. The summed E-state index contributed by atoms with van der Waals surface area (Å²) in [5, 5.41) is 6.82. The van der Waals surface area contributed by atoms with Gasteiger partial charge in [-0.25, -0.2) is 0 Å². The zero-order valence-corrected chi connectivity index (χ0v) is 16.1. The molecule has 1 amide bonds. The molecule has 1 N–H and O–H groups in total. The van der Waals surface area contributed by atoms with E-state index in [0.717, 1.165) is 30.6 Å². The van der Waals surface area contributed by atoms with Crippen LogP contribution in [0.15, 0.2) is 51.9 Å². The summed E-state index contributed by atoms with van der Waals surface area (Å²) >= 11 is 0. The Kier molecular flexibility index (Phi) is 5.53. The maximum atomic E-state index is 12.8. The summed E-state index contributed by atoms with van der Waals surface area (Å²) in [6, 6.07) is 11.0. The number of ether oxygens (including phenoxy) is 1. The number of nitrogens with zero attached hydrogens (tertiary/aromatic N) is 3. The first-order valence-electron chi connectivity index (χ1n) is 9.59. The molecule has 0 spiro atoms. The molecule has 4 rings (SSSR count). The number of hydrogen-bond donors (Lipinski definition) is 1. The Balaban J connectivity index is 1.50. The fourth-order valence-electron chi connectivity index (χ4n) is 3.33. The van der Waals surface area contributed by atoms with E-state index in [4.69, 9.17) is 9.26 Å². The van der Waals surface area contributed by atoms with E-state index in [9.17, 15) is 9.59 Å². The molecule has 8 heteroatoms. The van der Waals surface area contributed by atoms with Crippen LogP contribution in [-0.4, -0.2) is 39.9 Å². The lowest BCUT2D eigenvalue weighted by molar-refractivity contribution is -0.122. The highest BCUT2D eigenvalue weighted by atomic mass is 16.5. The molecule has 1 saturated heterocycles. The van der Waals surface area contributed by atoms with Crippen LogP contribution in [0.2, 0.25) is 0 Å². The summed E-state index contributed by atoms with van der Waals surface area (Å²) < 4.78 is 12.1. The molecule has 1 atom stereocenters. The number of carbonyl (C=O) groups is 1. The Morgan fingerprint density at radius 1 is 1.24 bits per heavy atom. The molecule has 3 heterocycles. The standard InChI is InChI=1S/C21H22N4O4/c1-14-6-2-3-8-16(14)19-23-20(29-24-19)17-9-4-10-25(21(17)27)13-18(26)22-12-15-7-5-11-28-15/h2-4,6,8-10,15H,5,7,11-13H2,1H3,(H,22,26)/t15-/m0/s1. The van der Waals surface area contributed by atoms with Crippen LogP contribution in [0, 0.1) is 6.92 Å². The van der Waals surface area contributed by atoms with E-state index < -0.39 is 0 Å². The molecule has 1 aromatic carbocycles. The lowest BCUT2D eigenvalue weighted by Crippen LogP contribution is -2.36. The van der Waals surface area contributed by atoms with Gasteiger partial charge in [-0.3, -0.25) is 9.59 Å². The number of rotatable bonds is 6. The molecule has 8 nitrogen and oxygen atoms in total. The van der Waals surface area contributed by atoms with Gasteiger partial charge in [0.25, 0.3) is 11.4 Å². The lowest BCUT2D eigenvalue weighted by atomic mass is 10.1.